The van der Waals surface area contributed by atoms with Crippen molar-refractivity contribution in [3.63, 3.8) is 0 Å². The van der Waals surface area contributed by atoms with Crippen molar-refractivity contribution in [3.05, 3.63) is 0 Å². The van der Waals surface area contributed by atoms with Crippen molar-refractivity contribution in [1.82, 2.24) is 5.32 Å². The van der Waals surface area contributed by atoms with Gasteiger partial charge in [0, 0.05) is 0 Å². The second-order valence-corrected chi connectivity index (χ2v) is 4.88. The first-order valence-electron chi connectivity index (χ1n) is 6.74. The molecule has 0 radical (unpaired) electrons. The Morgan fingerprint density at radius 2 is 1.84 bits per heavy atom. The molecule has 6 nitrogen and oxygen atoms in total. The number of ether oxygens (including phenoxy) is 2. The topological polar surface area (TPSA) is 84.9 Å². The summed E-state index contributed by atoms with van der Waals surface area (Å²) in [5.74, 6) is -1.15. The molecule has 2 N–H and O–H groups in total. The number of methoxy groups -OCH3 is 1. The lowest BCUT2D eigenvalue weighted by Crippen LogP contribution is -2.50. The summed E-state index contributed by atoms with van der Waals surface area (Å²) in [6.45, 7) is 4.03. The van der Waals surface area contributed by atoms with E-state index in [4.69, 9.17) is 4.74 Å². The fraction of sp³-hybridized carbons (Fsp3) is 0.846. The van der Waals surface area contributed by atoms with Crippen LogP contribution in [0.2, 0.25) is 0 Å². The summed E-state index contributed by atoms with van der Waals surface area (Å²) in [4.78, 5) is 22.6. The number of carbonyl (C=O) groups excluding carboxylic acids is 1. The molecule has 1 fully saturated rings. The fourth-order valence-electron chi connectivity index (χ4n) is 2.52. The number of rotatable bonds is 5. The molecule has 0 aromatic heterocycles. The van der Waals surface area contributed by atoms with E-state index in [0.29, 0.717) is 12.8 Å². The molecule has 1 rings (SSSR count). The van der Waals surface area contributed by atoms with E-state index in [2.05, 4.69) is 10.1 Å². The van der Waals surface area contributed by atoms with Crippen LogP contribution in [0.1, 0.15) is 39.5 Å². The van der Waals surface area contributed by atoms with Gasteiger partial charge in [0.15, 0.2) is 0 Å². The van der Waals surface area contributed by atoms with Gasteiger partial charge in [-0.1, -0.05) is 13.8 Å². The molecule has 3 unspecified atom stereocenters. The van der Waals surface area contributed by atoms with Crippen LogP contribution in [0.4, 0.5) is 4.79 Å². The molecule has 0 saturated carbocycles. The van der Waals surface area contributed by atoms with Crippen LogP contribution in [-0.4, -0.2) is 42.5 Å². The van der Waals surface area contributed by atoms with Gasteiger partial charge in [-0.2, -0.15) is 0 Å². The van der Waals surface area contributed by atoms with E-state index in [1.54, 1.807) is 0 Å². The zero-order valence-electron chi connectivity index (χ0n) is 11.7. The highest BCUT2D eigenvalue weighted by molar-refractivity contribution is 5.80. The molecule has 6 heteroatoms. The summed E-state index contributed by atoms with van der Waals surface area (Å²) < 4.78 is 10.3. The summed E-state index contributed by atoms with van der Waals surface area (Å²) in [7, 11) is 1.22. The Labute approximate surface area is 113 Å². The molecular formula is C13H23NO5. The van der Waals surface area contributed by atoms with Crippen LogP contribution in [0.3, 0.4) is 0 Å². The Hall–Kier alpha value is -1.30. The summed E-state index contributed by atoms with van der Waals surface area (Å²) in [6.07, 6.45) is 2.40. The number of hydrogen-bond acceptors (Lipinski definition) is 4. The maximum Gasteiger partial charge on any atom is 0.407 e. The summed E-state index contributed by atoms with van der Waals surface area (Å²) in [5, 5.41) is 11.7. The predicted molar refractivity (Wildman–Crippen MR) is 68.9 cm³/mol. The van der Waals surface area contributed by atoms with Crippen LogP contribution in [0, 0.1) is 5.92 Å². The maximum atomic E-state index is 11.3. The number of carboxylic acids is 1. The number of nitrogens with one attached hydrogen (secondary N) is 1. The van der Waals surface area contributed by atoms with Crippen molar-refractivity contribution in [1.29, 1.82) is 0 Å². The van der Waals surface area contributed by atoms with Crippen molar-refractivity contribution < 1.29 is 24.2 Å². The second kappa shape index (κ2) is 7.33. The van der Waals surface area contributed by atoms with E-state index in [-0.39, 0.29) is 18.1 Å². The van der Waals surface area contributed by atoms with E-state index in [0.717, 1.165) is 12.8 Å². The summed E-state index contributed by atoms with van der Waals surface area (Å²) in [5.41, 5.74) is 0. The van der Waals surface area contributed by atoms with Gasteiger partial charge in [-0.3, -0.25) is 0 Å². The molecule has 1 saturated heterocycles. The van der Waals surface area contributed by atoms with Crippen molar-refractivity contribution in [2.75, 3.05) is 7.11 Å². The molecule has 0 bridgehead atoms. The first kappa shape index (κ1) is 15.8. The molecule has 1 aliphatic heterocycles. The molecule has 0 aromatic carbocycles. The zero-order valence-corrected chi connectivity index (χ0v) is 11.7. The molecular weight excluding hydrogens is 250 g/mol. The van der Waals surface area contributed by atoms with Crippen LogP contribution in [0.5, 0.6) is 0 Å². The maximum absolute atomic E-state index is 11.3. The molecule has 1 heterocycles. The van der Waals surface area contributed by atoms with E-state index < -0.39 is 18.1 Å². The number of carboxylic acid groups (broad SMARTS) is 1. The molecule has 110 valence electrons. The van der Waals surface area contributed by atoms with Gasteiger partial charge in [-0.15, -0.1) is 0 Å². The Morgan fingerprint density at radius 1 is 1.32 bits per heavy atom. The van der Waals surface area contributed by atoms with Gasteiger partial charge in [0.05, 0.1) is 19.3 Å². The predicted octanol–water partition coefficient (Wildman–Crippen LogP) is 1.78. The van der Waals surface area contributed by atoms with E-state index in [1.807, 2.05) is 13.8 Å². The lowest BCUT2D eigenvalue weighted by molar-refractivity contribution is -0.144. The van der Waals surface area contributed by atoms with Gasteiger partial charge >= 0.3 is 12.1 Å². The van der Waals surface area contributed by atoms with Gasteiger partial charge in [-0.05, 0) is 31.6 Å². The molecule has 3 atom stereocenters. The number of carbonyl (C=O) groups is 2. The second-order valence-electron chi connectivity index (χ2n) is 4.88. The van der Waals surface area contributed by atoms with Crippen LogP contribution >= 0.6 is 0 Å². The SMILES string of the molecule is CCC1CC(C(NC(=O)OC)C(=O)O)CC(CC)O1. The molecule has 0 spiro atoms. The van der Waals surface area contributed by atoms with Crippen molar-refractivity contribution in [3.8, 4) is 0 Å². The van der Waals surface area contributed by atoms with Crippen LogP contribution in [-0.2, 0) is 14.3 Å². The quantitative estimate of drug-likeness (QED) is 0.797. The standard InChI is InChI=1S/C13H23NO5/c1-4-9-6-8(7-10(5-2)19-9)11(12(15)16)14-13(17)18-3/h8-11H,4-7H2,1-3H3,(H,14,17)(H,15,16). The largest absolute Gasteiger partial charge is 0.480 e. The number of amides is 1. The molecule has 1 aliphatic rings. The average Bonchev–Trinajstić information content (AvgIpc) is 2.43. The van der Waals surface area contributed by atoms with E-state index in [9.17, 15) is 14.7 Å². The van der Waals surface area contributed by atoms with Gasteiger partial charge in [0.1, 0.15) is 6.04 Å². The Kier molecular flexibility index (Phi) is 6.08. The number of aliphatic carboxylic acids is 1. The first-order valence-corrected chi connectivity index (χ1v) is 6.74. The minimum absolute atomic E-state index is 0.0602. The number of alkyl carbamates (subject to hydrolysis) is 1. The average molecular weight is 273 g/mol. The molecule has 19 heavy (non-hydrogen) atoms. The van der Waals surface area contributed by atoms with Gasteiger partial charge in [-0.25, -0.2) is 9.59 Å². The lowest BCUT2D eigenvalue weighted by atomic mass is 9.84. The molecule has 0 aromatic rings. The van der Waals surface area contributed by atoms with E-state index >= 15 is 0 Å². The monoisotopic (exact) mass is 273 g/mol. The van der Waals surface area contributed by atoms with Crippen molar-refractivity contribution in [2.45, 2.75) is 57.8 Å². The van der Waals surface area contributed by atoms with Crippen LogP contribution in [0.25, 0.3) is 0 Å². The highest BCUT2D eigenvalue weighted by Gasteiger charge is 2.37. The molecule has 0 aliphatic carbocycles. The fourth-order valence-corrected chi connectivity index (χ4v) is 2.52. The van der Waals surface area contributed by atoms with Gasteiger partial charge in [0.2, 0.25) is 0 Å². The van der Waals surface area contributed by atoms with E-state index in [1.165, 1.54) is 7.11 Å². The summed E-state index contributed by atoms with van der Waals surface area (Å²) in [6, 6.07) is -0.917. The normalized spacial score (nSPS) is 28.5. The van der Waals surface area contributed by atoms with Crippen LogP contribution < -0.4 is 5.32 Å². The first-order chi connectivity index (χ1) is 9.01. The Morgan fingerprint density at radius 3 is 2.21 bits per heavy atom. The summed E-state index contributed by atoms with van der Waals surface area (Å²) >= 11 is 0. The highest BCUT2D eigenvalue weighted by Crippen LogP contribution is 2.30. The van der Waals surface area contributed by atoms with Gasteiger partial charge < -0.3 is 19.9 Å². The van der Waals surface area contributed by atoms with Crippen molar-refractivity contribution >= 4 is 12.1 Å². The Balaban J connectivity index is 2.76. The van der Waals surface area contributed by atoms with Gasteiger partial charge in [0.25, 0.3) is 0 Å². The third-order valence-electron chi connectivity index (χ3n) is 3.62. The third-order valence-corrected chi connectivity index (χ3v) is 3.62. The Bertz CT molecular complexity index is 308. The van der Waals surface area contributed by atoms with Crippen LogP contribution in [0.15, 0.2) is 0 Å². The lowest BCUT2D eigenvalue weighted by Gasteiger charge is -2.37. The minimum atomic E-state index is -1.03. The van der Waals surface area contributed by atoms with Crippen molar-refractivity contribution in [2.24, 2.45) is 5.92 Å². The highest BCUT2D eigenvalue weighted by atomic mass is 16.5. The zero-order chi connectivity index (χ0) is 14.4. The molecule has 1 amide bonds. The third kappa shape index (κ3) is 4.38. The smallest absolute Gasteiger partial charge is 0.407 e. The number of hydrogen-bond donors (Lipinski definition) is 2. The minimum Gasteiger partial charge on any atom is -0.480 e.